The third-order valence-electron chi connectivity index (χ3n) is 4.52. The van der Waals surface area contributed by atoms with Gasteiger partial charge in [0.05, 0.1) is 0 Å². The van der Waals surface area contributed by atoms with Crippen LogP contribution in [-0.4, -0.2) is 55.2 Å². The summed E-state index contributed by atoms with van der Waals surface area (Å²) in [6.45, 7) is 9.11. The standard InChI is InChI=1S/C17H30N4/c1-15(2)20(3)12-4-9-19-16-7-13-21(14-8-16)17-5-10-18-11-6-17/h5-6,10-11,15-16,19H,4,7-9,12-14H2,1-3H3. The Labute approximate surface area is 129 Å². The molecule has 0 amide bonds. The van der Waals surface area contributed by atoms with Gasteiger partial charge in [0.15, 0.2) is 0 Å². The smallest absolute Gasteiger partial charge is 0.0397 e. The van der Waals surface area contributed by atoms with Crippen molar-refractivity contribution in [1.29, 1.82) is 0 Å². The van der Waals surface area contributed by atoms with E-state index in [2.05, 4.69) is 53.1 Å². The molecule has 4 heteroatoms. The summed E-state index contributed by atoms with van der Waals surface area (Å²) >= 11 is 0. The molecule has 21 heavy (non-hydrogen) atoms. The Balaban J connectivity index is 1.61. The molecular formula is C17H30N4. The second kappa shape index (κ2) is 8.35. The van der Waals surface area contributed by atoms with Crippen LogP contribution in [0.5, 0.6) is 0 Å². The van der Waals surface area contributed by atoms with Crippen molar-refractivity contribution in [3.63, 3.8) is 0 Å². The highest BCUT2D eigenvalue weighted by molar-refractivity contribution is 5.44. The molecular weight excluding hydrogens is 260 g/mol. The van der Waals surface area contributed by atoms with Gasteiger partial charge in [0.1, 0.15) is 0 Å². The first-order valence-corrected chi connectivity index (χ1v) is 8.25. The molecule has 2 rings (SSSR count). The first-order valence-electron chi connectivity index (χ1n) is 8.25. The number of hydrogen-bond donors (Lipinski definition) is 1. The van der Waals surface area contributed by atoms with Gasteiger partial charge in [-0.3, -0.25) is 4.98 Å². The maximum Gasteiger partial charge on any atom is 0.0397 e. The first kappa shape index (κ1) is 16.2. The van der Waals surface area contributed by atoms with Gasteiger partial charge in [0, 0.05) is 43.3 Å². The van der Waals surface area contributed by atoms with Gasteiger partial charge in [-0.25, -0.2) is 0 Å². The van der Waals surface area contributed by atoms with Crippen molar-refractivity contribution in [2.75, 3.05) is 38.1 Å². The Morgan fingerprint density at radius 3 is 2.57 bits per heavy atom. The lowest BCUT2D eigenvalue weighted by Gasteiger charge is -2.34. The van der Waals surface area contributed by atoms with Crippen molar-refractivity contribution in [2.24, 2.45) is 0 Å². The van der Waals surface area contributed by atoms with Crippen LogP contribution in [0, 0.1) is 0 Å². The second-order valence-corrected chi connectivity index (χ2v) is 6.35. The third-order valence-corrected chi connectivity index (χ3v) is 4.52. The van der Waals surface area contributed by atoms with Gasteiger partial charge in [-0.1, -0.05) is 0 Å². The lowest BCUT2D eigenvalue weighted by Crippen LogP contribution is -2.43. The van der Waals surface area contributed by atoms with Gasteiger partial charge >= 0.3 is 0 Å². The van der Waals surface area contributed by atoms with E-state index in [9.17, 15) is 0 Å². The SMILES string of the molecule is CC(C)N(C)CCCNC1CCN(c2ccncc2)CC1. The highest BCUT2D eigenvalue weighted by Crippen LogP contribution is 2.18. The zero-order chi connectivity index (χ0) is 15.1. The average Bonchev–Trinajstić information content (AvgIpc) is 2.52. The molecule has 0 unspecified atom stereocenters. The van der Waals surface area contributed by atoms with E-state index in [-0.39, 0.29) is 0 Å². The summed E-state index contributed by atoms with van der Waals surface area (Å²) in [6.07, 6.45) is 7.47. The van der Waals surface area contributed by atoms with Crippen molar-refractivity contribution in [1.82, 2.24) is 15.2 Å². The molecule has 0 radical (unpaired) electrons. The predicted octanol–water partition coefficient (Wildman–Crippen LogP) is 2.37. The van der Waals surface area contributed by atoms with Gasteiger partial charge in [-0.05, 0) is 65.4 Å². The summed E-state index contributed by atoms with van der Waals surface area (Å²) in [7, 11) is 2.21. The number of pyridine rings is 1. The number of nitrogens with zero attached hydrogens (tertiary/aromatic N) is 3. The van der Waals surface area contributed by atoms with Crippen LogP contribution >= 0.6 is 0 Å². The monoisotopic (exact) mass is 290 g/mol. The summed E-state index contributed by atoms with van der Waals surface area (Å²) < 4.78 is 0. The van der Waals surface area contributed by atoms with E-state index >= 15 is 0 Å². The lowest BCUT2D eigenvalue weighted by atomic mass is 10.0. The summed E-state index contributed by atoms with van der Waals surface area (Å²) in [6, 6.07) is 5.55. The molecule has 0 aromatic carbocycles. The van der Waals surface area contributed by atoms with E-state index in [4.69, 9.17) is 0 Å². The number of aromatic nitrogens is 1. The van der Waals surface area contributed by atoms with E-state index in [0.717, 1.165) is 19.6 Å². The van der Waals surface area contributed by atoms with Crippen molar-refractivity contribution >= 4 is 5.69 Å². The number of nitrogens with one attached hydrogen (secondary N) is 1. The highest BCUT2D eigenvalue weighted by atomic mass is 15.2. The topological polar surface area (TPSA) is 31.4 Å². The molecule has 1 aromatic heterocycles. The zero-order valence-corrected chi connectivity index (χ0v) is 13.8. The van der Waals surface area contributed by atoms with Gasteiger partial charge in [-0.15, -0.1) is 0 Å². The molecule has 1 saturated heterocycles. The lowest BCUT2D eigenvalue weighted by molar-refractivity contribution is 0.266. The van der Waals surface area contributed by atoms with Crippen molar-refractivity contribution in [3.8, 4) is 0 Å². The van der Waals surface area contributed by atoms with Crippen LogP contribution in [0.4, 0.5) is 5.69 Å². The van der Waals surface area contributed by atoms with Crippen LogP contribution < -0.4 is 10.2 Å². The van der Waals surface area contributed by atoms with Crippen molar-refractivity contribution < 1.29 is 0 Å². The molecule has 1 aromatic rings. The molecule has 1 N–H and O–H groups in total. The van der Waals surface area contributed by atoms with Gasteiger partial charge in [0.2, 0.25) is 0 Å². The number of hydrogen-bond acceptors (Lipinski definition) is 4. The maximum absolute atomic E-state index is 4.09. The Morgan fingerprint density at radius 1 is 1.29 bits per heavy atom. The number of rotatable bonds is 7. The molecule has 2 heterocycles. The minimum atomic E-state index is 0.647. The molecule has 0 aliphatic carbocycles. The number of anilines is 1. The normalized spacial score (nSPS) is 16.9. The minimum absolute atomic E-state index is 0.647. The quantitative estimate of drug-likeness (QED) is 0.781. The summed E-state index contributed by atoms with van der Waals surface area (Å²) in [5.41, 5.74) is 1.31. The minimum Gasteiger partial charge on any atom is -0.371 e. The summed E-state index contributed by atoms with van der Waals surface area (Å²) in [5.74, 6) is 0. The van der Waals surface area contributed by atoms with Crippen LogP contribution in [0.2, 0.25) is 0 Å². The van der Waals surface area contributed by atoms with Gasteiger partial charge < -0.3 is 15.1 Å². The van der Waals surface area contributed by atoms with E-state index in [0.29, 0.717) is 12.1 Å². The summed E-state index contributed by atoms with van der Waals surface area (Å²) in [5, 5.41) is 3.72. The van der Waals surface area contributed by atoms with Gasteiger partial charge in [-0.2, -0.15) is 0 Å². The zero-order valence-electron chi connectivity index (χ0n) is 13.8. The van der Waals surface area contributed by atoms with E-state index in [1.165, 1.54) is 31.5 Å². The van der Waals surface area contributed by atoms with E-state index < -0.39 is 0 Å². The molecule has 1 aliphatic rings. The predicted molar refractivity (Wildman–Crippen MR) is 89.9 cm³/mol. The van der Waals surface area contributed by atoms with Crippen LogP contribution in [0.3, 0.4) is 0 Å². The molecule has 0 atom stereocenters. The Hall–Kier alpha value is -1.13. The van der Waals surface area contributed by atoms with E-state index in [1.54, 1.807) is 0 Å². The second-order valence-electron chi connectivity index (χ2n) is 6.35. The first-order chi connectivity index (χ1) is 10.2. The molecule has 1 fully saturated rings. The molecule has 0 spiro atoms. The Kier molecular flexibility index (Phi) is 6.46. The fourth-order valence-electron chi connectivity index (χ4n) is 2.79. The van der Waals surface area contributed by atoms with E-state index in [1.807, 2.05) is 12.4 Å². The molecule has 1 aliphatic heterocycles. The van der Waals surface area contributed by atoms with Crippen molar-refractivity contribution in [2.45, 2.75) is 45.2 Å². The maximum atomic E-state index is 4.09. The summed E-state index contributed by atoms with van der Waals surface area (Å²) in [4.78, 5) is 8.96. The third kappa shape index (κ3) is 5.29. The molecule has 118 valence electrons. The largest absolute Gasteiger partial charge is 0.371 e. The Morgan fingerprint density at radius 2 is 1.95 bits per heavy atom. The van der Waals surface area contributed by atoms with Crippen molar-refractivity contribution in [3.05, 3.63) is 24.5 Å². The molecule has 0 bridgehead atoms. The highest BCUT2D eigenvalue weighted by Gasteiger charge is 2.18. The number of piperidine rings is 1. The van der Waals surface area contributed by atoms with Crippen LogP contribution in [-0.2, 0) is 0 Å². The Bertz CT molecular complexity index is 385. The fourth-order valence-corrected chi connectivity index (χ4v) is 2.79. The van der Waals surface area contributed by atoms with Crippen LogP contribution in [0.15, 0.2) is 24.5 Å². The van der Waals surface area contributed by atoms with Gasteiger partial charge in [0.25, 0.3) is 0 Å². The molecule has 0 saturated carbocycles. The van der Waals surface area contributed by atoms with Crippen LogP contribution in [0.25, 0.3) is 0 Å². The fraction of sp³-hybridized carbons (Fsp3) is 0.706. The molecule has 4 nitrogen and oxygen atoms in total. The van der Waals surface area contributed by atoms with Crippen LogP contribution in [0.1, 0.15) is 33.1 Å². The average molecular weight is 290 g/mol.